The molecule has 0 atom stereocenters. The van der Waals surface area contributed by atoms with Crippen LogP contribution in [0, 0.1) is 0 Å². The Bertz CT molecular complexity index is 908. The molecular weight excluding hydrogens is 391 g/mol. The fraction of sp³-hybridized carbons (Fsp3) is 0.167. The molecule has 114 valence electrons. The molecule has 0 saturated heterocycles. The van der Waals surface area contributed by atoms with Gasteiger partial charge in [-0.3, -0.25) is 0 Å². The predicted octanol–water partition coefficient (Wildman–Crippen LogP) is 2.93. The fourth-order valence-corrected chi connectivity index (χ4v) is 3.79. The lowest BCUT2D eigenvalue weighted by Gasteiger charge is -2.16. The molecule has 3 rings (SSSR count). The van der Waals surface area contributed by atoms with Crippen molar-refractivity contribution in [2.45, 2.75) is 0 Å². The molecule has 7 nitrogen and oxygen atoms in total. The van der Waals surface area contributed by atoms with Crippen LogP contribution in [0.25, 0.3) is 5.65 Å². The molecule has 0 spiro atoms. The lowest BCUT2D eigenvalue weighted by Crippen LogP contribution is -2.19. The lowest BCUT2D eigenvalue weighted by molar-refractivity contribution is 0.587. The Morgan fingerprint density at radius 2 is 2.09 bits per heavy atom. The van der Waals surface area contributed by atoms with E-state index < -0.39 is 7.14 Å². The van der Waals surface area contributed by atoms with E-state index >= 15 is 0 Å². The number of anilines is 2. The van der Waals surface area contributed by atoms with Crippen molar-refractivity contribution < 1.29 is 4.57 Å². The van der Waals surface area contributed by atoms with Crippen LogP contribution >= 0.6 is 34.7 Å². The number of nitrogens with one attached hydrogen (secondary N) is 1. The van der Waals surface area contributed by atoms with Gasteiger partial charge in [0.2, 0.25) is 5.28 Å². The van der Waals surface area contributed by atoms with Crippen LogP contribution in [0.2, 0.25) is 5.28 Å². The molecule has 0 aliphatic heterocycles. The smallest absolute Gasteiger partial charge is 0.224 e. The highest BCUT2D eigenvalue weighted by atomic mass is 79.9. The largest absolute Gasteiger partial charge is 0.337 e. The van der Waals surface area contributed by atoms with E-state index in [4.69, 9.17) is 11.6 Å². The number of aromatic nitrogens is 5. The molecule has 0 radical (unpaired) electrons. The zero-order valence-electron chi connectivity index (χ0n) is 11.7. The quantitative estimate of drug-likeness (QED) is 0.536. The first-order valence-electron chi connectivity index (χ1n) is 6.19. The summed E-state index contributed by atoms with van der Waals surface area (Å²) < 4.78 is 14.9. The molecule has 0 aliphatic carbocycles. The monoisotopic (exact) mass is 400 g/mol. The van der Waals surface area contributed by atoms with Gasteiger partial charge >= 0.3 is 0 Å². The third-order valence-corrected chi connectivity index (χ3v) is 5.11. The molecule has 3 aromatic heterocycles. The SMILES string of the molecule is CP(C)(=O)c1c(Nc2nc(Cl)ncc2Br)ccc2ncnn12. The Kier molecular flexibility index (Phi) is 3.92. The van der Waals surface area contributed by atoms with Crippen LogP contribution in [0.4, 0.5) is 11.5 Å². The zero-order chi connectivity index (χ0) is 15.9. The van der Waals surface area contributed by atoms with Gasteiger partial charge < -0.3 is 9.88 Å². The van der Waals surface area contributed by atoms with Crippen molar-refractivity contribution in [1.82, 2.24) is 24.6 Å². The maximum absolute atomic E-state index is 12.7. The van der Waals surface area contributed by atoms with E-state index in [0.717, 1.165) is 0 Å². The summed E-state index contributed by atoms with van der Waals surface area (Å²) in [7, 11) is -2.63. The second-order valence-electron chi connectivity index (χ2n) is 4.91. The highest BCUT2D eigenvalue weighted by molar-refractivity contribution is 9.10. The van der Waals surface area contributed by atoms with Crippen LogP contribution in [0.5, 0.6) is 0 Å². The van der Waals surface area contributed by atoms with Gasteiger partial charge in [-0.15, -0.1) is 0 Å². The standard InChI is InChI=1S/C12H11BrClN6OP/c1-22(2,21)11-8(3-4-9-16-6-17-20(9)11)18-10-7(13)5-15-12(14)19-10/h3-6H,1-2H3,(H,15,18,19). The average Bonchev–Trinajstić information content (AvgIpc) is 2.89. The Labute approximate surface area is 139 Å². The third-order valence-electron chi connectivity index (χ3n) is 2.89. The normalized spacial score (nSPS) is 11.8. The Balaban J connectivity index is 2.18. The first kappa shape index (κ1) is 15.4. The van der Waals surface area contributed by atoms with Gasteiger partial charge in [0, 0.05) is 6.20 Å². The molecule has 22 heavy (non-hydrogen) atoms. The van der Waals surface area contributed by atoms with E-state index in [0.29, 0.717) is 27.1 Å². The summed E-state index contributed by atoms with van der Waals surface area (Å²) in [6, 6.07) is 3.58. The summed E-state index contributed by atoms with van der Waals surface area (Å²) in [4.78, 5) is 12.1. The number of hydrogen-bond donors (Lipinski definition) is 1. The Hall–Kier alpha value is -1.50. The van der Waals surface area contributed by atoms with Crippen molar-refractivity contribution in [2.24, 2.45) is 0 Å². The molecule has 0 amide bonds. The molecule has 3 heterocycles. The van der Waals surface area contributed by atoms with Crippen molar-refractivity contribution in [1.29, 1.82) is 0 Å². The molecule has 1 N–H and O–H groups in total. The van der Waals surface area contributed by atoms with Gasteiger partial charge in [0.15, 0.2) is 5.65 Å². The summed E-state index contributed by atoms with van der Waals surface area (Å²) >= 11 is 9.18. The van der Waals surface area contributed by atoms with Crippen LogP contribution in [0.15, 0.2) is 29.1 Å². The predicted molar refractivity (Wildman–Crippen MR) is 90.1 cm³/mol. The summed E-state index contributed by atoms with van der Waals surface area (Å²) in [5, 5.41) is 7.39. The molecule has 0 unspecified atom stereocenters. The number of nitrogens with zero attached hydrogens (tertiary/aromatic N) is 5. The van der Waals surface area contributed by atoms with Gasteiger partial charge in [0.25, 0.3) is 0 Å². The van der Waals surface area contributed by atoms with E-state index in [1.165, 1.54) is 6.33 Å². The minimum atomic E-state index is -2.63. The number of hydrogen-bond acceptors (Lipinski definition) is 6. The van der Waals surface area contributed by atoms with Gasteiger partial charge in [-0.05, 0) is 53.0 Å². The zero-order valence-corrected chi connectivity index (χ0v) is 14.9. The van der Waals surface area contributed by atoms with E-state index in [1.54, 1.807) is 36.2 Å². The Morgan fingerprint density at radius 1 is 1.32 bits per heavy atom. The highest BCUT2D eigenvalue weighted by Crippen LogP contribution is 2.38. The maximum atomic E-state index is 12.7. The number of halogens is 2. The Morgan fingerprint density at radius 3 is 2.82 bits per heavy atom. The summed E-state index contributed by atoms with van der Waals surface area (Å²) in [6.07, 6.45) is 2.97. The van der Waals surface area contributed by atoms with Crippen molar-refractivity contribution in [3.63, 3.8) is 0 Å². The third kappa shape index (κ3) is 2.86. The topological polar surface area (TPSA) is 85.1 Å². The molecule has 3 aromatic rings. The second kappa shape index (κ2) is 5.61. The average molecular weight is 402 g/mol. The van der Waals surface area contributed by atoms with Gasteiger partial charge in [-0.1, -0.05) is 0 Å². The van der Waals surface area contributed by atoms with Crippen molar-refractivity contribution in [3.8, 4) is 0 Å². The highest BCUT2D eigenvalue weighted by Gasteiger charge is 2.22. The van der Waals surface area contributed by atoms with Crippen LogP contribution in [-0.2, 0) is 4.57 Å². The molecule has 0 aromatic carbocycles. The van der Waals surface area contributed by atoms with Gasteiger partial charge in [-0.2, -0.15) is 10.1 Å². The fourth-order valence-electron chi connectivity index (χ4n) is 2.05. The molecule has 0 aliphatic rings. The van der Waals surface area contributed by atoms with Crippen LogP contribution in [0.3, 0.4) is 0 Å². The second-order valence-corrected chi connectivity index (χ2v) is 9.23. The molecule has 0 bridgehead atoms. The van der Waals surface area contributed by atoms with Crippen LogP contribution < -0.4 is 10.8 Å². The van der Waals surface area contributed by atoms with E-state index in [9.17, 15) is 4.57 Å². The van der Waals surface area contributed by atoms with Gasteiger partial charge in [0.1, 0.15) is 24.7 Å². The molecule has 0 fully saturated rings. The van der Waals surface area contributed by atoms with Crippen LogP contribution in [-0.4, -0.2) is 37.9 Å². The minimum absolute atomic E-state index is 0.116. The first-order valence-corrected chi connectivity index (χ1v) is 9.97. The molecular formula is C12H11BrClN6OP. The minimum Gasteiger partial charge on any atom is -0.337 e. The van der Waals surface area contributed by atoms with Gasteiger partial charge in [0.05, 0.1) is 10.2 Å². The van der Waals surface area contributed by atoms with E-state index in [1.807, 2.05) is 0 Å². The summed E-state index contributed by atoms with van der Waals surface area (Å²) in [5.41, 5.74) is 1.81. The van der Waals surface area contributed by atoms with Crippen molar-refractivity contribution >= 4 is 57.3 Å². The van der Waals surface area contributed by atoms with Gasteiger partial charge in [-0.25, -0.2) is 14.5 Å². The molecule has 0 saturated carbocycles. The number of fused-ring (bicyclic) bond motifs is 1. The number of rotatable bonds is 3. The number of pyridine rings is 1. The van der Waals surface area contributed by atoms with Crippen molar-refractivity contribution in [3.05, 3.63) is 34.4 Å². The lowest BCUT2D eigenvalue weighted by atomic mass is 10.4. The van der Waals surface area contributed by atoms with Crippen molar-refractivity contribution in [2.75, 3.05) is 18.6 Å². The van der Waals surface area contributed by atoms with E-state index in [-0.39, 0.29) is 5.28 Å². The molecule has 10 heteroatoms. The summed E-state index contributed by atoms with van der Waals surface area (Å²) in [5.74, 6) is 0.481. The maximum Gasteiger partial charge on any atom is 0.224 e. The van der Waals surface area contributed by atoms with Crippen LogP contribution in [0.1, 0.15) is 0 Å². The van der Waals surface area contributed by atoms with E-state index in [2.05, 4.69) is 41.3 Å². The first-order chi connectivity index (χ1) is 10.4. The summed E-state index contributed by atoms with van der Waals surface area (Å²) in [6.45, 7) is 3.35.